The van der Waals surface area contributed by atoms with Crippen LogP contribution in [0, 0.1) is 11.3 Å². The molecule has 2 aromatic rings. The topological polar surface area (TPSA) is 80.1 Å². The normalized spacial score (nSPS) is 12.0. The second kappa shape index (κ2) is 5.27. The molecule has 0 saturated carbocycles. The molecular formula is C13H10N4O2S. The van der Waals surface area contributed by atoms with Gasteiger partial charge in [-0.2, -0.15) is 5.26 Å². The van der Waals surface area contributed by atoms with Crippen LogP contribution in [-0.2, 0) is 0 Å². The Morgan fingerprint density at radius 1 is 1.30 bits per heavy atom. The van der Waals surface area contributed by atoms with E-state index in [0.29, 0.717) is 27.9 Å². The van der Waals surface area contributed by atoms with Crippen LogP contribution >= 0.6 is 11.8 Å². The summed E-state index contributed by atoms with van der Waals surface area (Å²) in [5, 5.41) is 13.0. The first-order chi connectivity index (χ1) is 9.81. The van der Waals surface area contributed by atoms with Crippen molar-refractivity contribution in [1.82, 2.24) is 9.97 Å². The summed E-state index contributed by atoms with van der Waals surface area (Å²) in [6, 6.07) is 7.59. The van der Waals surface area contributed by atoms with Crippen LogP contribution in [0.15, 0.2) is 29.6 Å². The number of rotatable bonds is 3. The van der Waals surface area contributed by atoms with E-state index in [-0.39, 0.29) is 6.79 Å². The number of nitriles is 1. The Kier molecular flexibility index (Phi) is 3.31. The number of thioether (sulfide) groups is 1. The quantitative estimate of drug-likeness (QED) is 0.686. The van der Waals surface area contributed by atoms with Crippen LogP contribution < -0.4 is 14.8 Å². The van der Waals surface area contributed by atoms with E-state index in [2.05, 4.69) is 21.4 Å². The molecule has 100 valence electrons. The smallest absolute Gasteiger partial charge is 0.231 e. The third kappa shape index (κ3) is 2.21. The maximum absolute atomic E-state index is 9.24. The summed E-state index contributed by atoms with van der Waals surface area (Å²) >= 11 is 1.41. The van der Waals surface area contributed by atoms with Crippen LogP contribution in [0.5, 0.6) is 11.5 Å². The van der Waals surface area contributed by atoms with Crippen molar-refractivity contribution in [3.8, 4) is 17.6 Å². The number of anilines is 2. The predicted octanol–water partition coefficient (Wildman–Crippen LogP) is 2.54. The zero-order valence-electron chi connectivity index (χ0n) is 10.6. The molecule has 3 rings (SSSR count). The van der Waals surface area contributed by atoms with Gasteiger partial charge in [0.1, 0.15) is 23.0 Å². The van der Waals surface area contributed by atoms with E-state index in [4.69, 9.17) is 9.47 Å². The Hall–Kier alpha value is -2.46. The minimum absolute atomic E-state index is 0.229. The molecule has 0 amide bonds. The van der Waals surface area contributed by atoms with Crippen molar-refractivity contribution < 1.29 is 9.47 Å². The van der Waals surface area contributed by atoms with Gasteiger partial charge < -0.3 is 14.8 Å². The van der Waals surface area contributed by atoms with E-state index in [1.807, 2.05) is 24.5 Å². The molecule has 1 aromatic heterocycles. The third-order valence-electron chi connectivity index (χ3n) is 2.75. The number of nitrogens with one attached hydrogen (secondary N) is 1. The van der Waals surface area contributed by atoms with E-state index < -0.39 is 0 Å². The van der Waals surface area contributed by atoms with Gasteiger partial charge in [0.25, 0.3) is 0 Å². The second-order valence-corrected chi connectivity index (χ2v) is 4.71. The molecule has 0 unspecified atom stereocenters. The average Bonchev–Trinajstić information content (AvgIpc) is 2.94. The van der Waals surface area contributed by atoms with Gasteiger partial charge in [-0.15, -0.1) is 11.8 Å². The molecule has 1 aromatic carbocycles. The lowest BCUT2D eigenvalue weighted by molar-refractivity contribution is 0.174. The van der Waals surface area contributed by atoms with E-state index in [1.165, 1.54) is 18.1 Å². The minimum atomic E-state index is 0.229. The number of hydrogen-bond acceptors (Lipinski definition) is 7. The number of fused-ring (bicyclic) bond motifs is 1. The summed E-state index contributed by atoms with van der Waals surface area (Å²) in [6.45, 7) is 0.229. The van der Waals surface area contributed by atoms with Gasteiger partial charge in [0.2, 0.25) is 6.79 Å². The molecular weight excluding hydrogens is 276 g/mol. The monoisotopic (exact) mass is 286 g/mol. The van der Waals surface area contributed by atoms with Crippen molar-refractivity contribution in [2.45, 2.75) is 5.03 Å². The Morgan fingerprint density at radius 3 is 2.95 bits per heavy atom. The lowest BCUT2D eigenvalue weighted by Crippen LogP contribution is -2.00. The molecule has 1 N–H and O–H groups in total. The highest BCUT2D eigenvalue weighted by atomic mass is 32.2. The number of hydrogen-bond donors (Lipinski definition) is 1. The largest absolute Gasteiger partial charge is 0.454 e. The van der Waals surface area contributed by atoms with E-state index in [0.717, 1.165) is 5.69 Å². The molecule has 0 bridgehead atoms. The predicted molar refractivity (Wildman–Crippen MR) is 74.4 cm³/mol. The van der Waals surface area contributed by atoms with Crippen LogP contribution in [0.2, 0.25) is 0 Å². The first-order valence-electron chi connectivity index (χ1n) is 5.77. The van der Waals surface area contributed by atoms with Crippen LogP contribution in [0.4, 0.5) is 11.5 Å². The van der Waals surface area contributed by atoms with Gasteiger partial charge in [0, 0.05) is 11.8 Å². The molecule has 0 radical (unpaired) electrons. The molecule has 0 fully saturated rings. The molecule has 1 aliphatic rings. The maximum Gasteiger partial charge on any atom is 0.231 e. The number of benzene rings is 1. The molecule has 0 spiro atoms. The Labute approximate surface area is 119 Å². The number of ether oxygens (including phenoxy) is 2. The molecule has 20 heavy (non-hydrogen) atoms. The maximum atomic E-state index is 9.24. The van der Waals surface area contributed by atoms with Gasteiger partial charge in [0.05, 0.1) is 0 Å². The molecule has 6 nitrogen and oxygen atoms in total. The van der Waals surface area contributed by atoms with Gasteiger partial charge in [-0.05, 0) is 18.4 Å². The first kappa shape index (κ1) is 12.6. The van der Waals surface area contributed by atoms with Crippen LogP contribution in [0.3, 0.4) is 0 Å². The summed E-state index contributed by atoms with van der Waals surface area (Å²) < 4.78 is 10.6. The SMILES string of the molecule is CSc1ncnc(Nc2ccc3c(c2)OCO3)c1C#N. The van der Waals surface area contributed by atoms with E-state index in [9.17, 15) is 5.26 Å². The summed E-state index contributed by atoms with van der Waals surface area (Å²) in [6.07, 6.45) is 3.30. The van der Waals surface area contributed by atoms with Crippen LogP contribution in [-0.4, -0.2) is 23.0 Å². The fraction of sp³-hybridized carbons (Fsp3) is 0.154. The van der Waals surface area contributed by atoms with Crippen molar-refractivity contribution >= 4 is 23.3 Å². The number of aromatic nitrogens is 2. The van der Waals surface area contributed by atoms with Gasteiger partial charge in [-0.3, -0.25) is 0 Å². The average molecular weight is 286 g/mol. The van der Waals surface area contributed by atoms with Crippen LogP contribution in [0.25, 0.3) is 0 Å². The minimum Gasteiger partial charge on any atom is -0.454 e. The highest BCUT2D eigenvalue weighted by Crippen LogP contribution is 2.35. The standard InChI is InChI=1S/C13H10N4O2S/c1-20-13-9(5-14)12(15-6-16-13)17-8-2-3-10-11(4-8)19-7-18-10/h2-4,6H,7H2,1H3,(H,15,16,17). The van der Waals surface area contributed by atoms with Crippen molar-refractivity contribution in [2.24, 2.45) is 0 Å². The Morgan fingerprint density at radius 2 is 2.15 bits per heavy atom. The van der Waals surface area contributed by atoms with Crippen molar-refractivity contribution in [1.29, 1.82) is 5.26 Å². The Bertz CT molecular complexity index is 699. The number of nitrogens with zero attached hydrogens (tertiary/aromatic N) is 3. The summed E-state index contributed by atoms with van der Waals surface area (Å²) in [4.78, 5) is 8.19. The Balaban J connectivity index is 1.94. The lowest BCUT2D eigenvalue weighted by Gasteiger charge is -2.09. The highest BCUT2D eigenvalue weighted by Gasteiger charge is 2.15. The first-order valence-corrected chi connectivity index (χ1v) is 7.00. The van der Waals surface area contributed by atoms with Crippen molar-refractivity contribution in [3.63, 3.8) is 0 Å². The van der Waals surface area contributed by atoms with E-state index >= 15 is 0 Å². The molecule has 1 aliphatic heterocycles. The lowest BCUT2D eigenvalue weighted by atomic mass is 10.2. The van der Waals surface area contributed by atoms with Gasteiger partial charge in [0.15, 0.2) is 17.3 Å². The fourth-order valence-corrected chi connectivity index (χ4v) is 2.33. The molecule has 2 heterocycles. The van der Waals surface area contributed by atoms with Crippen molar-refractivity contribution in [2.75, 3.05) is 18.4 Å². The summed E-state index contributed by atoms with van der Waals surface area (Å²) in [7, 11) is 0. The molecule has 7 heteroatoms. The zero-order chi connectivity index (χ0) is 13.9. The molecule has 0 saturated heterocycles. The van der Waals surface area contributed by atoms with Gasteiger partial charge in [-0.1, -0.05) is 0 Å². The molecule has 0 atom stereocenters. The van der Waals surface area contributed by atoms with E-state index in [1.54, 1.807) is 0 Å². The highest BCUT2D eigenvalue weighted by molar-refractivity contribution is 7.98. The van der Waals surface area contributed by atoms with Gasteiger partial charge in [-0.25, -0.2) is 9.97 Å². The summed E-state index contributed by atoms with van der Waals surface area (Å²) in [5.74, 6) is 1.86. The van der Waals surface area contributed by atoms with Crippen molar-refractivity contribution in [3.05, 3.63) is 30.1 Å². The fourth-order valence-electron chi connectivity index (χ4n) is 1.83. The van der Waals surface area contributed by atoms with Crippen LogP contribution in [0.1, 0.15) is 5.56 Å². The zero-order valence-corrected chi connectivity index (χ0v) is 11.4. The summed E-state index contributed by atoms with van der Waals surface area (Å²) in [5.41, 5.74) is 1.20. The van der Waals surface area contributed by atoms with Gasteiger partial charge >= 0.3 is 0 Å². The molecule has 0 aliphatic carbocycles. The second-order valence-electron chi connectivity index (χ2n) is 3.91. The third-order valence-corrected chi connectivity index (χ3v) is 3.45.